The Balaban J connectivity index is 1.58. The number of amides is 1. The first-order valence-electron chi connectivity index (χ1n) is 8.06. The second kappa shape index (κ2) is 6.32. The number of carbonyl (C=O) groups is 2. The van der Waals surface area contributed by atoms with Gasteiger partial charge in [-0.3, -0.25) is 4.79 Å². The lowest BCUT2D eigenvalue weighted by Gasteiger charge is -2.24. The minimum atomic E-state index is -0.482. The monoisotopic (exact) mass is 339 g/mol. The predicted octanol–water partition coefficient (Wildman–Crippen LogP) is 3.82. The van der Waals surface area contributed by atoms with Gasteiger partial charge in [0.2, 0.25) is 5.91 Å². The van der Waals surface area contributed by atoms with Crippen LogP contribution in [0.1, 0.15) is 34.9 Å². The van der Waals surface area contributed by atoms with E-state index in [1.807, 2.05) is 41.3 Å². The Kier molecular flexibility index (Phi) is 4.02. The van der Waals surface area contributed by atoms with Crippen molar-refractivity contribution in [2.75, 3.05) is 17.2 Å². The molecule has 2 aliphatic heterocycles. The van der Waals surface area contributed by atoms with Crippen LogP contribution in [0, 0.1) is 0 Å². The van der Waals surface area contributed by atoms with Gasteiger partial charge in [-0.25, -0.2) is 4.79 Å². The minimum absolute atomic E-state index is 0.000506. The van der Waals surface area contributed by atoms with Crippen molar-refractivity contribution in [2.24, 2.45) is 0 Å². The number of hydrogen-bond donors (Lipinski definition) is 0. The lowest BCUT2D eigenvalue weighted by atomic mass is 10.0. The molecule has 24 heavy (non-hydrogen) atoms. The van der Waals surface area contributed by atoms with Crippen LogP contribution in [-0.4, -0.2) is 24.2 Å². The molecule has 2 aliphatic rings. The maximum atomic E-state index is 12.9. The van der Waals surface area contributed by atoms with Crippen LogP contribution < -0.4 is 4.90 Å². The highest BCUT2D eigenvalue weighted by molar-refractivity contribution is 7.99. The largest absolute Gasteiger partial charge is 0.453 e. The summed E-state index contributed by atoms with van der Waals surface area (Å²) in [6.07, 6.45) is 0.651. The van der Waals surface area contributed by atoms with Gasteiger partial charge in [-0.1, -0.05) is 30.3 Å². The third-order valence-electron chi connectivity index (χ3n) is 4.38. The van der Waals surface area contributed by atoms with Crippen molar-refractivity contribution in [1.82, 2.24) is 0 Å². The summed E-state index contributed by atoms with van der Waals surface area (Å²) in [5.41, 5.74) is 2.35. The molecular formula is C19H17NO3S. The molecule has 0 N–H and O–H groups in total. The van der Waals surface area contributed by atoms with E-state index in [1.165, 1.54) is 0 Å². The van der Waals surface area contributed by atoms with Gasteiger partial charge in [-0.05, 0) is 30.4 Å². The number of rotatable bonds is 2. The normalized spacial score (nSPS) is 19.2. The predicted molar refractivity (Wildman–Crippen MR) is 93.4 cm³/mol. The standard InChI is InChI=1S/C19H17NO3S/c21-18(12-16-13-6-1-2-7-14(13)19(22)23-16)20-10-5-11-24-17-9-4-3-8-15(17)20/h1-4,6-9,16H,5,10-12H2. The first-order chi connectivity index (χ1) is 11.7. The van der Waals surface area contributed by atoms with E-state index in [9.17, 15) is 9.59 Å². The fourth-order valence-corrected chi connectivity index (χ4v) is 4.22. The topological polar surface area (TPSA) is 46.6 Å². The number of para-hydroxylation sites is 1. The number of hydrogen-bond acceptors (Lipinski definition) is 4. The van der Waals surface area contributed by atoms with E-state index in [0.717, 1.165) is 28.3 Å². The Labute approximate surface area is 144 Å². The highest BCUT2D eigenvalue weighted by atomic mass is 32.2. The minimum Gasteiger partial charge on any atom is -0.453 e. The first-order valence-corrected chi connectivity index (χ1v) is 9.05. The fourth-order valence-electron chi connectivity index (χ4n) is 3.23. The summed E-state index contributed by atoms with van der Waals surface area (Å²) in [6, 6.07) is 15.3. The van der Waals surface area contributed by atoms with Gasteiger partial charge in [0.05, 0.1) is 17.7 Å². The average molecular weight is 339 g/mol. The van der Waals surface area contributed by atoms with Crippen LogP contribution >= 0.6 is 11.8 Å². The number of carbonyl (C=O) groups excluding carboxylic acids is 2. The van der Waals surface area contributed by atoms with Gasteiger partial charge >= 0.3 is 5.97 Å². The molecule has 0 saturated heterocycles. The van der Waals surface area contributed by atoms with Crippen molar-refractivity contribution in [3.8, 4) is 0 Å². The number of thioether (sulfide) groups is 1. The first kappa shape index (κ1) is 15.3. The maximum absolute atomic E-state index is 12.9. The zero-order valence-corrected chi connectivity index (χ0v) is 13.9. The van der Waals surface area contributed by atoms with E-state index in [4.69, 9.17) is 4.74 Å². The summed E-state index contributed by atoms with van der Waals surface area (Å²) >= 11 is 1.78. The van der Waals surface area contributed by atoms with E-state index in [1.54, 1.807) is 17.8 Å². The van der Waals surface area contributed by atoms with Gasteiger partial charge in [0.1, 0.15) is 6.10 Å². The Hall–Kier alpha value is -2.27. The third-order valence-corrected chi connectivity index (χ3v) is 5.53. The molecule has 2 aromatic carbocycles. The van der Waals surface area contributed by atoms with Gasteiger partial charge in [-0.2, -0.15) is 0 Å². The maximum Gasteiger partial charge on any atom is 0.339 e. The zero-order chi connectivity index (χ0) is 16.5. The van der Waals surface area contributed by atoms with Gasteiger partial charge in [0, 0.05) is 17.0 Å². The van der Waals surface area contributed by atoms with Crippen molar-refractivity contribution in [1.29, 1.82) is 0 Å². The molecule has 0 aliphatic carbocycles. The Morgan fingerprint density at radius 2 is 1.96 bits per heavy atom. The molecule has 0 fully saturated rings. The summed E-state index contributed by atoms with van der Waals surface area (Å²) in [7, 11) is 0. The number of esters is 1. The van der Waals surface area contributed by atoms with Crippen LogP contribution in [0.25, 0.3) is 0 Å². The molecule has 0 aromatic heterocycles. The number of nitrogens with zero attached hydrogens (tertiary/aromatic N) is 1. The van der Waals surface area contributed by atoms with E-state index in [-0.39, 0.29) is 18.3 Å². The van der Waals surface area contributed by atoms with Gasteiger partial charge < -0.3 is 9.64 Å². The van der Waals surface area contributed by atoms with Gasteiger partial charge in [0.25, 0.3) is 0 Å². The van der Waals surface area contributed by atoms with Crippen molar-refractivity contribution >= 4 is 29.3 Å². The Morgan fingerprint density at radius 1 is 1.17 bits per heavy atom. The van der Waals surface area contributed by atoms with Crippen LogP contribution in [0.3, 0.4) is 0 Å². The molecule has 2 aromatic rings. The van der Waals surface area contributed by atoms with Crippen molar-refractivity contribution in [2.45, 2.75) is 23.8 Å². The van der Waals surface area contributed by atoms with E-state index in [0.29, 0.717) is 12.1 Å². The molecular weight excluding hydrogens is 322 g/mol. The Bertz CT molecular complexity index is 805. The molecule has 5 heteroatoms. The molecule has 0 bridgehead atoms. The molecule has 0 saturated carbocycles. The van der Waals surface area contributed by atoms with Crippen molar-refractivity contribution in [3.63, 3.8) is 0 Å². The van der Waals surface area contributed by atoms with E-state index < -0.39 is 6.10 Å². The molecule has 4 nitrogen and oxygen atoms in total. The number of benzene rings is 2. The van der Waals surface area contributed by atoms with Crippen LogP contribution in [0.4, 0.5) is 5.69 Å². The van der Waals surface area contributed by atoms with Gasteiger partial charge in [0.15, 0.2) is 0 Å². The molecule has 1 unspecified atom stereocenters. The average Bonchev–Trinajstić information content (AvgIpc) is 2.79. The summed E-state index contributed by atoms with van der Waals surface area (Å²) in [4.78, 5) is 27.8. The number of ether oxygens (including phenoxy) is 1. The summed E-state index contributed by atoms with van der Waals surface area (Å²) < 4.78 is 5.42. The molecule has 122 valence electrons. The zero-order valence-electron chi connectivity index (χ0n) is 13.1. The molecule has 2 heterocycles. The molecule has 0 radical (unpaired) electrons. The smallest absolute Gasteiger partial charge is 0.339 e. The number of fused-ring (bicyclic) bond motifs is 2. The highest BCUT2D eigenvalue weighted by Gasteiger charge is 2.34. The summed E-state index contributed by atoms with van der Waals surface area (Å²) in [6.45, 7) is 0.700. The van der Waals surface area contributed by atoms with E-state index >= 15 is 0 Å². The second-order valence-corrected chi connectivity index (χ2v) is 7.04. The second-order valence-electron chi connectivity index (χ2n) is 5.90. The fraction of sp³-hybridized carbons (Fsp3) is 0.263. The van der Waals surface area contributed by atoms with Crippen LogP contribution in [0.5, 0.6) is 0 Å². The quantitative estimate of drug-likeness (QED) is 0.781. The molecule has 0 spiro atoms. The Morgan fingerprint density at radius 3 is 2.88 bits per heavy atom. The van der Waals surface area contributed by atoms with Crippen LogP contribution in [0.15, 0.2) is 53.4 Å². The molecule has 1 amide bonds. The van der Waals surface area contributed by atoms with Crippen molar-refractivity contribution in [3.05, 3.63) is 59.7 Å². The molecule has 1 atom stereocenters. The lowest BCUT2D eigenvalue weighted by Crippen LogP contribution is -2.32. The summed E-state index contributed by atoms with van der Waals surface area (Å²) in [5.74, 6) is 0.664. The SMILES string of the molecule is O=C1OC(CC(=O)N2CCCSc3ccccc32)c2ccccc21. The number of anilines is 1. The van der Waals surface area contributed by atoms with Gasteiger partial charge in [-0.15, -0.1) is 11.8 Å². The summed E-state index contributed by atoms with van der Waals surface area (Å²) in [5, 5.41) is 0. The number of cyclic esters (lactones) is 1. The lowest BCUT2D eigenvalue weighted by molar-refractivity contribution is -0.120. The van der Waals surface area contributed by atoms with Crippen LogP contribution in [-0.2, 0) is 9.53 Å². The van der Waals surface area contributed by atoms with Crippen molar-refractivity contribution < 1.29 is 14.3 Å². The van der Waals surface area contributed by atoms with Crippen LogP contribution in [0.2, 0.25) is 0 Å². The molecule has 4 rings (SSSR count). The highest BCUT2D eigenvalue weighted by Crippen LogP contribution is 2.37. The third kappa shape index (κ3) is 2.69. The van der Waals surface area contributed by atoms with E-state index in [2.05, 4.69) is 6.07 Å².